The Bertz CT molecular complexity index is 1950. The first-order chi connectivity index (χ1) is 25.5. The molecule has 9 nitrogen and oxygen atoms in total. The van der Waals surface area contributed by atoms with E-state index in [1.54, 1.807) is 20.8 Å². The molecule has 2 atom stereocenters. The zero-order valence-electron chi connectivity index (χ0n) is 30.6. The molecule has 2 aliphatic heterocycles. The second kappa shape index (κ2) is 15.5. The van der Waals surface area contributed by atoms with Gasteiger partial charge in [-0.3, -0.25) is 24.4 Å². The van der Waals surface area contributed by atoms with E-state index in [1.807, 2.05) is 4.90 Å². The van der Waals surface area contributed by atoms with Crippen molar-refractivity contribution in [3.8, 4) is 16.9 Å². The first-order valence-corrected chi connectivity index (χ1v) is 17.2. The SMILES string of the molecule is CN1C(C(C)(C)C)C(O)=C(C(=O)Nc2ccc(C(F)(F)F)cc2-c2ccc(C(F)(F)F)nc2)C(=O)[C@]1(C)Cc1ccc(OCCN2CCOCC2)c(F)c1F. The summed E-state index contributed by atoms with van der Waals surface area (Å²) in [6.45, 7) is 9.44. The zero-order chi connectivity index (χ0) is 40.7. The molecular weight excluding hydrogens is 744 g/mol. The number of nitrogens with zero attached hydrogens (tertiary/aromatic N) is 3. The van der Waals surface area contributed by atoms with Crippen LogP contribution in [-0.2, 0) is 33.1 Å². The predicted octanol–water partition coefficient (Wildman–Crippen LogP) is 7.46. The average Bonchev–Trinajstić information content (AvgIpc) is 3.10. The summed E-state index contributed by atoms with van der Waals surface area (Å²) >= 11 is 0. The number of halogens is 8. The lowest BCUT2D eigenvalue weighted by Gasteiger charge is -2.50. The Balaban J connectivity index is 1.48. The van der Waals surface area contributed by atoms with E-state index in [-0.39, 0.29) is 34.7 Å². The van der Waals surface area contributed by atoms with Gasteiger partial charge in [-0.25, -0.2) is 4.39 Å². The lowest BCUT2D eigenvalue weighted by atomic mass is 9.72. The van der Waals surface area contributed by atoms with Crippen molar-refractivity contribution < 1.29 is 59.3 Å². The van der Waals surface area contributed by atoms with Crippen molar-refractivity contribution in [2.75, 3.05) is 51.8 Å². The Morgan fingerprint density at radius 3 is 2.25 bits per heavy atom. The van der Waals surface area contributed by atoms with E-state index < -0.39 is 81.7 Å². The van der Waals surface area contributed by atoms with Gasteiger partial charge in [-0.05, 0) is 55.3 Å². The number of anilines is 1. The molecule has 0 spiro atoms. The zero-order valence-corrected chi connectivity index (χ0v) is 30.6. The molecule has 2 N–H and O–H groups in total. The second-order valence-electron chi connectivity index (χ2n) is 14.7. The molecular formula is C38H40F8N4O5. The lowest BCUT2D eigenvalue weighted by Crippen LogP contribution is -2.64. The summed E-state index contributed by atoms with van der Waals surface area (Å²) in [4.78, 5) is 35.2. The number of aliphatic hydroxyl groups is 1. The van der Waals surface area contributed by atoms with Crippen molar-refractivity contribution in [3.05, 3.63) is 88.4 Å². The van der Waals surface area contributed by atoms with E-state index in [4.69, 9.17) is 9.47 Å². The quantitative estimate of drug-likeness (QED) is 0.170. The minimum atomic E-state index is -4.88. The van der Waals surface area contributed by atoms with Crippen molar-refractivity contribution >= 4 is 17.4 Å². The number of carbonyl (C=O) groups excluding carboxylic acids is 2. The predicted molar refractivity (Wildman–Crippen MR) is 185 cm³/mol. The van der Waals surface area contributed by atoms with Crippen molar-refractivity contribution in [3.63, 3.8) is 0 Å². The van der Waals surface area contributed by atoms with Crippen LogP contribution in [0.5, 0.6) is 5.75 Å². The maximum atomic E-state index is 15.7. The van der Waals surface area contributed by atoms with Gasteiger partial charge in [0, 0.05) is 49.1 Å². The van der Waals surface area contributed by atoms with Crippen molar-refractivity contribution in [2.45, 2.75) is 58.0 Å². The van der Waals surface area contributed by atoms with E-state index in [2.05, 4.69) is 10.3 Å². The minimum absolute atomic E-state index is 0.0699. The number of ketones is 1. The van der Waals surface area contributed by atoms with Crippen LogP contribution in [-0.4, -0.2) is 89.7 Å². The lowest BCUT2D eigenvalue weighted by molar-refractivity contribution is -0.141. The van der Waals surface area contributed by atoms with Crippen LogP contribution in [0.2, 0.25) is 0 Å². The van der Waals surface area contributed by atoms with Gasteiger partial charge in [0.25, 0.3) is 5.91 Å². The summed E-state index contributed by atoms with van der Waals surface area (Å²) in [5.74, 6) is -5.87. The van der Waals surface area contributed by atoms with Gasteiger partial charge in [0.15, 0.2) is 17.3 Å². The Morgan fingerprint density at radius 2 is 1.67 bits per heavy atom. The molecule has 0 radical (unpaired) electrons. The Kier molecular flexibility index (Phi) is 11.7. The summed E-state index contributed by atoms with van der Waals surface area (Å²) in [5, 5.41) is 13.9. The van der Waals surface area contributed by atoms with E-state index >= 15 is 8.78 Å². The number of hydrogen-bond donors (Lipinski definition) is 2. The molecule has 0 saturated carbocycles. The third-order valence-electron chi connectivity index (χ3n) is 9.83. The van der Waals surface area contributed by atoms with Gasteiger partial charge in [0.05, 0.1) is 30.4 Å². The van der Waals surface area contributed by atoms with Crippen LogP contribution < -0.4 is 10.1 Å². The summed E-state index contributed by atoms with van der Waals surface area (Å²) in [6, 6.07) is 4.92. The first kappa shape index (κ1) is 41.6. The smallest absolute Gasteiger partial charge is 0.433 e. The normalized spacial score (nSPS) is 20.5. The van der Waals surface area contributed by atoms with Crippen molar-refractivity contribution in [1.29, 1.82) is 0 Å². The molecule has 298 valence electrons. The van der Waals surface area contributed by atoms with E-state index in [1.165, 1.54) is 31.0 Å². The molecule has 3 heterocycles. The van der Waals surface area contributed by atoms with E-state index in [9.17, 15) is 41.0 Å². The molecule has 2 aliphatic rings. The van der Waals surface area contributed by atoms with Crippen LogP contribution in [0.15, 0.2) is 60.0 Å². The molecule has 3 aromatic rings. The van der Waals surface area contributed by atoms with Gasteiger partial charge in [-0.15, -0.1) is 0 Å². The van der Waals surface area contributed by atoms with Crippen LogP contribution in [0.3, 0.4) is 0 Å². The molecule has 1 aromatic heterocycles. The average molecular weight is 785 g/mol. The number of likely N-dealkylation sites (N-methyl/N-ethyl adjacent to an activating group) is 1. The number of rotatable bonds is 9. The molecule has 2 aromatic carbocycles. The summed E-state index contributed by atoms with van der Waals surface area (Å²) in [5.41, 5.74) is -7.19. The van der Waals surface area contributed by atoms with Crippen molar-refractivity contribution in [1.82, 2.24) is 14.8 Å². The third-order valence-corrected chi connectivity index (χ3v) is 9.83. The van der Waals surface area contributed by atoms with Gasteiger partial charge < -0.3 is 19.9 Å². The second-order valence-corrected chi connectivity index (χ2v) is 14.7. The molecule has 0 aliphatic carbocycles. The van der Waals surface area contributed by atoms with Crippen LogP contribution in [0.4, 0.5) is 40.8 Å². The van der Waals surface area contributed by atoms with Gasteiger partial charge >= 0.3 is 12.4 Å². The standard InChI is InChI=1S/C38H40F8N4O5/c1-35(2,3)32-31(51)28(34(53)48-25-9-8-23(37(41,42)43)18-24(25)22-7-11-27(47-20-22)38(44,45)46)33(52)36(4,49(32)5)19-21-6-10-26(30(40)29(21)39)55-17-14-50-12-15-54-16-13-50/h6-11,18,20,32,51H,12-17,19H2,1-5H3,(H,48,53)/t32?,36-/m0/s1. The van der Waals surface area contributed by atoms with Crippen molar-refractivity contribution in [2.24, 2.45) is 5.41 Å². The highest BCUT2D eigenvalue weighted by Gasteiger charge is 2.54. The van der Waals surface area contributed by atoms with Gasteiger partial charge in [-0.2, -0.15) is 30.7 Å². The number of benzene rings is 2. The maximum Gasteiger partial charge on any atom is 0.433 e. The van der Waals surface area contributed by atoms with Gasteiger partial charge in [0.1, 0.15) is 23.6 Å². The number of carbonyl (C=O) groups is 2. The number of aliphatic hydroxyl groups excluding tert-OH is 1. The topological polar surface area (TPSA) is 104 Å². The summed E-state index contributed by atoms with van der Waals surface area (Å²) in [7, 11) is 1.47. The highest BCUT2D eigenvalue weighted by molar-refractivity contribution is 6.27. The molecule has 1 saturated heterocycles. The highest BCUT2D eigenvalue weighted by Crippen LogP contribution is 2.43. The molecule has 5 rings (SSSR count). The Hall–Kier alpha value is -4.61. The minimum Gasteiger partial charge on any atom is -0.510 e. The third kappa shape index (κ3) is 8.78. The monoisotopic (exact) mass is 784 g/mol. The largest absolute Gasteiger partial charge is 0.510 e. The fraction of sp³-hybridized carbons (Fsp3) is 0.447. The molecule has 1 amide bonds. The van der Waals surface area contributed by atoms with Crippen LogP contribution in [0, 0.1) is 17.0 Å². The Labute approximate surface area is 311 Å². The fourth-order valence-corrected chi connectivity index (χ4v) is 6.84. The van der Waals surface area contributed by atoms with Gasteiger partial charge in [-0.1, -0.05) is 32.9 Å². The fourth-order valence-electron chi connectivity index (χ4n) is 6.84. The summed E-state index contributed by atoms with van der Waals surface area (Å²) in [6.07, 6.45) is -9.53. The van der Waals surface area contributed by atoms with E-state index in [0.29, 0.717) is 57.2 Å². The molecule has 17 heteroatoms. The molecule has 0 bridgehead atoms. The number of hydrogen-bond acceptors (Lipinski definition) is 8. The van der Waals surface area contributed by atoms with Gasteiger partial charge in [0.2, 0.25) is 5.82 Å². The number of nitrogens with one attached hydrogen (secondary N) is 1. The maximum absolute atomic E-state index is 15.7. The highest BCUT2D eigenvalue weighted by atomic mass is 19.4. The number of Topliss-reactive ketones (excluding diaryl/α,β-unsaturated/α-hetero) is 1. The molecule has 55 heavy (non-hydrogen) atoms. The number of alkyl halides is 6. The number of amides is 1. The van der Waals surface area contributed by atoms with Crippen LogP contribution in [0.25, 0.3) is 11.1 Å². The molecule has 1 unspecified atom stereocenters. The molecule has 1 fully saturated rings. The number of aromatic nitrogens is 1. The Morgan fingerprint density at radius 1 is 1.00 bits per heavy atom. The number of ether oxygens (including phenoxy) is 2. The van der Waals surface area contributed by atoms with Crippen LogP contribution >= 0.6 is 0 Å². The van der Waals surface area contributed by atoms with E-state index in [0.717, 1.165) is 12.1 Å². The number of morpholine rings is 1. The van der Waals surface area contributed by atoms with Crippen LogP contribution in [0.1, 0.15) is 44.5 Å². The first-order valence-electron chi connectivity index (χ1n) is 17.2. The summed E-state index contributed by atoms with van der Waals surface area (Å²) < 4.78 is 123. The number of pyridine rings is 1.